The molecule has 4 heteroatoms. The molecule has 0 aliphatic rings. The lowest BCUT2D eigenvalue weighted by Gasteiger charge is -2.05. The van der Waals surface area contributed by atoms with E-state index in [4.69, 9.17) is 10.2 Å². The first-order valence-corrected chi connectivity index (χ1v) is 19.6. The van der Waals surface area contributed by atoms with Crippen molar-refractivity contribution in [3.63, 3.8) is 0 Å². The average molecular weight is 609 g/mol. The Balaban J connectivity index is 3.04. The van der Waals surface area contributed by atoms with Gasteiger partial charge in [0.25, 0.3) is 0 Å². The third-order valence-electron chi connectivity index (χ3n) is 9.28. The monoisotopic (exact) mass is 609 g/mol. The Labute approximate surface area is 269 Å². The second kappa shape index (κ2) is 37.1. The molecule has 0 amide bonds. The molecule has 256 valence electrons. The van der Waals surface area contributed by atoms with Gasteiger partial charge in [-0.05, 0) is 12.8 Å². The van der Waals surface area contributed by atoms with E-state index >= 15 is 0 Å². The molecule has 0 aromatic heterocycles. The fourth-order valence-electron chi connectivity index (χ4n) is 6.39. The summed E-state index contributed by atoms with van der Waals surface area (Å²) in [5, 5.41) is 17.3. The van der Waals surface area contributed by atoms with Crippen molar-refractivity contribution in [3.05, 3.63) is 0 Å². The minimum atomic E-state index is -0.653. The summed E-state index contributed by atoms with van der Waals surface area (Å²) >= 11 is 0. The number of rotatable bonds is 38. The molecule has 0 heterocycles. The largest absolute Gasteiger partial charge is 0.481 e. The lowest BCUT2D eigenvalue weighted by atomic mass is 10.0. The minimum absolute atomic E-state index is 0.341. The predicted molar refractivity (Wildman–Crippen MR) is 186 cm³/mol. The van der Waals surface area contributed by atoms with Gasteiger partial charge in [-0.2, -0.15) is 0 Å². The van der Waals surface area contributed by atoms with Crippen molar-refractivity contribution in [2.75, 3.05) is 0 Å². The summed E-state index contributed by atoms with van der Waals surface area (Å²) in [5.41, 5.74) is 0. The number of hydrogen-bond donors (Lipinski definition) is 2. The molecule has 0 aliphatic heterocycles. The van der Waals surface area contributed by atoms with E-state index in [9.17, 15) is 9.59 Å². The third kappa shape index (κ3) is 40.9. The van der Waals surface area contributed by atoms with Crippen molar-refractivity contribution >= 4 is 11.9 Å². The van der Waals surface area contributed by atoms with E-state index in [2.05, 4.69) is 0 Å². The van der Waals surface area contributed by atoms with Crippen LogP contribution >= 0.6 is 0 Å². The molecule has 0 saturated carbocycles. The zero-order valence-electron chi connectivity index (χ0n) is 28.9. The minimum Gasteiger partial charge on any atom is -0.481 e. The quantitative estimate of drug-likeness (QED) is 0.0684. The van der Waals surface area contributed by atoms with Crippen LogP contribution in [0.1, 0.15) is 238 Å². The standard InChI is InChI=1S/C39H76O4/c40-38(41)36-34-32-30-28-26-24-22-20-18-16-14-12-10-8-6-4-2-1-3-5-7-9-11-13-15-17-19-21-23-25-27-29-31-33-35-37-39(42)43/h1-37H2,(H,40,41)(H,42,43). The van der Waals surface area contributed by atoms with Crippen LogP contribution in [0.4, 0.5) is 0 Å². The van der Waals surface area contributed by atoms with E-state index in [-0.39, 0.29) is 0 Å². The molecule has 0 rings (SSSR count). The molecule has 43 heavy (non-hydrogen) atoms. The molecule has 0 aromatic rings. The normalized spacial score (nSPS) is 11.3. The van der Waals surface area contributed by atoms with Crippen LogP contribution in [0.25, 0.3) is 0 Å². The molecule has 2 N–H and O–H groups in total. The second-order valence-corrected chi connectivity index (χ2v) is 13.7. The summed E-state index contributed by atoms with van der Waals surface area (Å²) in [6.07, 6.45) is 47.9. The Morgan fingerprint density at radius 2 is 0.302 bits per heavy atom. The average Bonchev–Trinajstić information content (AvgIpc) is 2.98. The number of unbranched alkanes of at least 4 members (excludes halogenated alkanes) is 34. The van der Waals surface area contributed by atoms with Gasteiger partial charge in [0.15, 0.2) is 0 Å². The predicted octanol–water partition coefficient (Wildman–Crippen LogP) is 13.6. The zero-order chi connectivity index (χ0) is 31.3. The van der Waals surface area contributed by atoms with Gasteiger partial charge in [0.05, 0.1) is 0 Å². The van der Waals surface area contributed by atoms with Gasteiger partial charge >= 0.3 is 11.9 Å². The van der Waals surface area contributed by atoms with E-state index in [0.717, 1.165) is 25.7 Å². The summed E-state index contributed by atoms with van der Waals surface area (Å²) < 4.78 is 0. The van der Waals surface area contributed by atoms with Gasteiger partial charge in [-0.1, -0.05) is 212 Å². The van der Waals surface area contributed by atoms with E-state index in [0.29, 0.717) is 12.8 Å². The van der Waals surface area contributed by atoms with Gasteiger partial charge in [0.2, 0.25) is 0 Å². The highest BCUT2D eigenvalue weighted by Gasteiger charge is 1.99. The van der Waals surface area contributed by atoms with Crippen molar-refractivity contribution in [1.29, 1.82) is 0 Å². The van der Waals surface area contributed by atoms with Crippen molar-refractivity contribution < 1.29 is 19.8 Å². The number of carboxylic acids is 2. The van der Waals surface area contributed by atoms with E-state index in [1.165, 1.54) is 199 Å². The Kier molecular flexibility index (Phi) is 36.2. The maximum absolute atomic E-state index is 10.5. The molecule has 0 unspecified atom stereocenters. The summed E-state index contributed by atoms with van der Waals surface area (Å²) in [7, 11) is 0. The molecule has 0 atom stereocenters. The van der Waals surface area contributed by atoms with Crippen LogP contribution in [0, 0.1) is 0 Å². The maximum Gasteiger partial charge on any atom is 0.303 e. The van der Waals surface area contributed by atoms with Crippen LogP contribution in [-0.4, -0.2) is 22.2 Å². The Morgan fingerprint density at radius 1 is 0.209 bits per heavy atom. The van der Waals surface area contributed by atoms with Crippen LogP contribution in [-0.2, 0) is 9.59 Å². The van der Waals surface area contributed by atoms with Gasteiger partial charge in [0, 0.05) is 12.8 Å². The van der Waals surface area contributed by atoms with E-state index in [1.54, 1.807) is 0 Å². The number of carbonyl (C=O) groups is 2. The summed E-state index contributed by atoms with van der Waals surface area (Å²) in [6.45, 7) is 0. The Hall–Kier alpha value is -1.06. The lowest BCUT2D eigenvalue weighted by Crippen LogP contribution is -1.93. The van der Waals surface area contributed by atoms with Crippen LogP contribution < -0.4 is 0 Å². The van der Waals surface area contributed by atoms with Crippen molar-refractivity contribution in [3.8, 4) is 0 Å². The zero-order valence-corrected chi connectivity index (χ0v) is 28.9. The topological polar surface area (TPSA) is 74.6 Å². The SMILES string of the molecule is O=C(O)CCCCCCCCCCCCCCCCCCCCCCCCCCCCCCCCCCCCCC(=O)O. The fraction of sp³-hybridized carbons (Fsp3) is 0.949. The highest BCUT2D eigenvalue weighted by Crippen LogP contribution is 2.17. The van der Waals surface area contributed by atoms with Gasteiger partial charge in [0.1, 0.15) is 0 Å². The van der Waals surface area contributed by atoms with Crippen LogP contribution in [0.5, 0.6) is 0 Å². The highest BCUT2D eigenvalue weighted by atomic mass is 16.4. The second-order valence-electron chi connectivity index (χ2n) is 13.7. The molecular weight excluding hydrogens is 532 g/mol. The van der Waals surface area contributed by atoms with Gasteiger partial charge in [-0.25, -0.2) is 0 Å². The molecule has 0 spiro atoms. The highest BCUT2D eigenvalue weighted by molar-refractivity contribution is 5.66. The lowest BCUT2D eigenvalue weighted by molar-refractivity contribution is -0.138. The first-order valence-electron chi connectivity index (χ1n) is 19.6. The van der Waals surface area contributed by atoms with E-state index in [1.807, 2.05) is 0 Å². The molecule has 4 nitrogen and oxygen atoms in total. The molecule has 0 bridgehead atoms. The van der Waals surface area contributed by atoms with Crippen LogP contribution in [0.15, 0.2) is 0 Å². The molecular formula is C39H76O4. The van der Waals surface area contributed by atoms with E-state index < -0.39 is 11.9 Å². The first-order chi connectivity index (χ1) is 21.1. The molecule has 0 aromatic carbocycles. The molecule has 0 radical (unpaired) electrons. The fourth-order valence-corrected chi connectivity index (χ4v) is 6.39. The Morgan fingerprint density at radius 3 is 0.395 bits per heavy atom. The van der Waals surface area contributed by atoms with Crippen molar-refractivity contribution in [2.24, 2.45) is 0 Å². The molecule has 0 aliphatic carbocycles. The van der Waals surface area contributed by atoms with Crippen LogP contribution in [0.3, 0.4) is 0 Å². The van der Waals surface area contributed by atoms with Gasteiger partial charge in [-0.15, -0.1) is 0 Å². The first kappa shape index (κ1) is 41.9. The van der Waals surface area contributed by atoms with Crippen LogP contribution in [0.2, 0.25) is 0 Å². The number of carboxylic acid groups (broad SMARTS) is 2. The summed E-state index contributed by atoms with van der Waals surface area (Å²) in [4.78, 5) is 21.0. The maximum atomic E-state index is 10.5. The number of aliphatic carboxylic acids is 2. The molecule has 0 fully saturated rings. The van der Waals surface area contributed by atoms with Gasteiger partial charge < -0.3 is 10.2 Å². The van der Waals surface area contributed by atoms with Crippen molar-refractivity contribution in [1.82, 2.24) is 0 Å². The van der Waals surface area contributed by atoms with Crippen molar-refractivity contribution in [2.45, 2.75) is 238 Å². The molecule has 0 saturated heterocycles. The van der Waals surface area contributed by atoms with Gasteiger partial charge in [-0.3, -0.25) is 9.59 Å². The number of hydrogen-bond acceptors (Lipinski definition) is 2. The Bertz CT molecular complexity index is 513. The third-order valence-corrected chi connectivity index (χ3v) is 9.28. The summed E-state index contributed by atoms with van der Waals surface area (Å²) in [5.74, 6) is -1.31. The summed E-state index contributed by atoms with van der Waals surface area (Å²) in [6, 6.07) is 0. The smallest absolute Gasteiger partial charge is 0.303 e.